The summed E-state index contributed by atoms with van der Waals surface area (Å²) in [6.45, 7) is 3.06. The van der Waals surface area contributed by atoms with E-state index < -0.39 is 23.4 Å². The van der Waals surface area contributed by atoms with Gasteiger partial charge in [-0.25, -0.2) is 0 Å². The molecular weight excluding hydrogens is 407 g/mol. The first-order valence-electron chi connectivity index (χ1n) is 9.86. The van der Waals surface area contributed by atoms with Crippen LogP contribution in [0.15, 0.2) is 18.2 Å². The zero-order valence-electron chi connectivity index (χ0n) is 16.3. The third kappa shape index (κ3) is 5.04. The van der Waals surface area contributed by atoms with Crippen molar-refractivity contribution in [2.45, 2.75) is 44.3 Å². The summed E-state index contributed by atoms with van der Waals surface area (Å²) in [5.41, 5.74) is 0.564. The summed E-state index contributed by atoms with van der Waals surface area (Å²) in [6.07, 6.45) is -1.68. The first-order chi connectivity index (χ1) is 13.7. The van der Waals surface area contributed by atoms with Gasteiger partial charge in [0.2, 0.25) is 0 Å². The summed E-state index contributed by atoms with van der Waals surface area (Å²) in [4.78, 5) is 29.4. The lowest BCUT2D eigenvalue weighted by molar-refractivity contribution is -0.171. The zero-order chi connectivity index (χ0) is 21.2. The fourth-order valence-corrected chi connectivity index (χ4v) is 4.25. The van der Waals surface area contributed by atoms with E-state index in [1.165, 1.54) is 12.1 Å². The summed E-state index contributed by atoms with van der Waals surface area (Å²) >= 11 is 5.69. The summed E-state index contributed by atoms with van der Waals surface area (Å²) < 4.78 is 40.3. The standard InChI is InChI=1S/C20H25ClF3N3O2/c1-25-9-11-26(12-10-25)15-7-8-16(18(21)28)17(13-15)27(19(29)20(22,23)24)14-5-3-2-4-6-14/h7-8,13-14H,2-6,9-12H2,1H3. The van der Waals surface area contributed by atoms with Gasteiger partial charge in [0.15, 0.2) is 0 Å². The van der Waals surface area contributed by atoms with E-state index in [0.717, 1.165) is 37.3 Å². The van der Waals surface area contributed by atoms with Gasteiger partial charge in [0, 0.05) is 37.9 Å². The van der Waals surface area contributed by atoms with E-state index in [9.17, 15) is 22.8 Å². The Hall–Kier alpha value is -1.80. The normalized spacial score (nSPS) is 19.3. The van der Waals surface area contributed by atoms with Crippen LogP contribution in [0, 0.1) is 0 Å². The Balaban J connectivity index is 2.05. The molecule has 1 aliphatic heterocycles. The molecule has 1 saturated heterocycles. The second kappa shape index (κ2) is 8.92. The number of nitrogens with zero attached hydrogens (tertiary/aromatic N) is 3. The number of likely N-dealkylation sites (N-methyl/N-ethyl adjacent to an activating group) is 1. The molecule has 2 fully saturated rings. The van der Waals surface area contributed by atoms with Crippen molar-refractivity contribution < 1.29 is 22.8 Å². The van der Waals surface area contributed by atoms with E-state index in [1.807, 2.05) is 11.9 Å². The lowest BCUT2D eigenvalue weighted by Gasteiger charge is -2.37. The number of hydrogen-bond donors (Lipinski definition) is 0. The highest BCUT2D eigenvalue weighted by Crippen LogP contribution is 2.36. The minimum atomic E-state index is -5.03. The van der Waals surface area contributed by atoms with Gasteiger partial charge in [-0.05, 0) is 49.7 Å². The topological polar surface area (TPSA) is 43.9 Å². The number of piperazine rings is 1. The number of anilines is 2. The Morgan fingerprint density at radius 2 is 1.69 bits per heavy atom. The zero-order valence-corrected chi connectivity index (χ0v) is 17.1. The molecule has 1 saturated carbocycles. The van der Waals surface area contributed by atoms with Crippen LogP contribution in [0.2, 0.25) is 0 Å². The van der Waals surface area contributed by atoms with Crippen molar-refractivity contribution in [1.29, 1.82) is 0 Å². The highest BCUT2D eigenvalue weighted by Gasteiger charge is 2.46. The van der Waals surface area contributed by atoms with Crippen molar-refractivity contribution in [3.63, 3.8) is 0 Å². The van der Waals surface area contributed by atoms with Gasteiger partial charge in [0.1, 0.15) is 0 Å². The van der Waals surface area contributed by atoms with Gasteiger partial charge in [-0.1, -0.05) is 19.3 Å². The predicted molar refractivity (Wildman–Crippen MR) is 107 cm³/mol. The fraction of sp³-hybridized carbons (Fsp3) is 0.600. The molecule has 1 aromatic rings. The van der Waals surface area contributed by atoms with Crippen LogP contribution in [-0.4, -0.2) is 61.5 Å². The van der Waals surface area contributed by atoms with Crippen molar-refractivity contribution in [1.82, 2.24) is 4.90 Å². The maximum Gasteiger partial charge on any atom is 0.471 e. The molecule has 1 aromatic carbocycles. The van der Waals surface area contributed by atoms with Gasteiger partial charge in [-0.15, -0.1) is 0 Å². The maximum absolute atomic E-state index is 13.4. The van der Waals surface area contributed by atoms with Crippen LogP contribution in [-0.2, 0) is 4.79 Å². The second-order valence-electron chi connectivity index (χ2n) is 7.73. The first-order valence-corrected chi connectivity index (χ1v) is 10.2. The highest BCUT2D eigenvalue weighted by atomic mass is 35.5. The number of alkyl halides is 3. The van der Waals surface area contributed by atoms with Crippen LogP contribution in [0.1, 0.15) is 42.5 Å². The number of amides is 1. The molecule has 0 radical (unpaired) electrons. The Kier molecular flexibility index (Phi) is 6.73. The first kappa shape index (κ1) is 21.9. The quantitative estimate of drug-likeness (QED) is 0.675. The Labute approximate surface area is 173 Å². The monoisotopic (exact) mass is 431 g/mol. The fourth-order valence-electron chi connectivity index (χ4n) is 4.09. The van der Waals surface area contributed by atoms with Crippen molar-refractivity contribution in [2.24, 2.45) is 0 Å². The average molecular weight is 432 g/mol. The second-order valence-corrected chi connectivity index (χ2v) is 8.07. The molecule has 29 heavy (non-hydrogen) atoms. The number of benzene rings is 1. The van der Waals surface area contributed by atoms with Crippen molar-refractivity contribution >= 4 is 34.1 Å². The molecule has 0 bridgehead atoms. The molecule has 5 nitrogen and oxygen atoms in total. The molecule has 1 aliphatic carbocycles. The SMILES string of the molecule is CN1CCN(c2ccc(C(=O)Cl)c(N(C(=O)C(F)(F)F)C3CCCCC3)c2)CC1. The molecular formula is C20H25ClF3N3O2. The average Bonchev–Trinajstić information content (AvgIpc) is 2.68. The summed E-state index contributed by atoms with van der Waals surface area (Å²) in [5, 5.41) is -0.874. The molecule has 0 N–H and O–H groups in total. The van der Waals surface area contributed by atoms with E-state index in [0.29, 0.717) is 31.6 Å². The Morgan fingerprint density at radius 1 is 1.07 bits per heavy atom. The molecule has 0 unspecified atom stereocenters. The van der Waals surface area contributed by atoms with Gasteiger partial charge in [-0.2, -0.15) is 13.2 Å². The Bertz CT molecular complexity index is 758. The smallest absolute Gasteiger partial charge is 0.369 e. The van der Waals surface area contributed by atoms with Crippen LogP contribution in [0.3, 0.4) is 0 Å². The van der Waals surface area contributed by atoms with Crippen LogP contribution in [0.5, 0.6) is 0 Å². The number of carbonyl (C=O) groups excluding carboxylic acids is 2. The lowest BCUT2D eigenvalue weighted by Crippen LogP contribution is -2.49. The Morgan fingerprint density at radius 3 is 2.24 bits per heavy atom. The van der Waals surface area contributed by atoms with Crippen LogP contribution >= 0.6 is 11.6 Å². The summed E-state index contributed by atoms with van der Waals surface area (Å²) in [6, 6.07) is 4.02. The van der Waals surface area contributed by atoms with Gasteiger partial charge in [-0.3, -0.25) is 9.59 Å². The molecule has 3 rings (SSSR count). The third-order valence-electron chi connectivity index (χ3n) is 5.72. The largest absolute Gasteiger partial charge is 0.471 e. The van der Waals surface area contributed by atoms with E-state index in [4.69, 9.17) is 11.6 Å². The van der Waals surface area contributed by atoms with E-state index >= 15 is 0 Å². The minimum absolute atomic E-state index is 0.0457. The third-order valence-corrected chi connectivity index (χ3v) is 5.93. The van der Waals surface area contributed by atoms with E-state index in [1.54, 1.807) is 6.07 Å². The highest BCUT2D eigenvalue weighted by molar-refractivity contribution is 6.68. The predicted octanol–water partition coefficient (Wildman–Crippen LogP) is 4.05. The summed E-state index contributed by atoms with van der Waals surface area (Å²) in [7, 11) is 2.00. The van der Waals surface area contributed by atoms with Gasteiger partial charge in [0.05, 0.1) is 11.3 Å². The molecule has 0 atom stereocenters. The van der Waals surface area contributed by atoms with Gasteiger partial charge in [0.25, 0.3) is 5.24 Å². The van der Waals surface area contributed by atoms with Crippen LogP contribution < -0.4 is 9.80 Å². The van der Waals surface area contributed by atoms with Crippen molar-refractivity contribution in [3.8, 4) is 0 Å². The lowest BCUT2D eigenvalue weighted by atomic mass is 9.93. The number of hydrogen-bond acceptors (Lipinski definition) is 4. The molecule has 1 amide bonds. The van der Waals surface area contributed by atoms with Crippen molar-refractivity contribution in [2.75, 3.05) is 43.0 Å². The van der Waals surface area contributed by atoms with Crippen molar-refractivity contribution in [3.05, 3.63) is 23.8 Å². The van der Waals surface area contributed by atoms with Gasteiger partial charge >= 0.3 is 12.1 Å². The van der Waals surface area contributed by atoms with Crippen LogP contribution in [0.25, 0.3) is 0 Å². The molecule has 160 valence electrons. The maximum atomic E-state index is 13.4. The molecule has 0 aromatic heterocycles. The number of halogens is 4. The van der Waals surface area contributed by atoms with Gasteiger partial charge < -0.3 is 14.7 Å². The number of carbonyl (C=O) groups is 2. The minimum Gasteiger partial charge on any atom is -0.369 e. The van der Waals surface area contributed by atoms with Crippen LogP contribution in [0.4, 0.5) is 24.5 Å². The number of rotatable bonds is 4. The molecule has 9 heteroatoms. The molecule has 1 heterocycles. The molecule has 2 aliphatic rings. The molecule has 0 spiro atoms. The van der Waals surface area contributed by atoms with E-state index in [2.05, 4.69) is 4.90 Å². The summed E-state index contributed by atoms with van der Waals surface area (Å²) in [5.74, 6) is -1.95. The van der Waals surface area contributed by atoms with E-state index in [-0.39, 0.29) is 11.3 Å².